The van der Waals surface area contributed by atoms with Crippen molar-refractivity contribution in [1.82, 2.24) is 9.21 Å². The monoisotopic (exact) mass is 514 g/mol. The third-order valence-electron chi connectivity index (χ3n) is 5.30. The lowest BCUT2D eigenvalue weighted by molar-refractivity contribution is 0.0703. The highest BCUT2D eigenvalue weighted by Gasteiger charge is 2.33. The van der Waals surface area contributed by atoms with Crippen LogP contribution in [0.25, 0.3) is 10.1 Å². The summed E-state index contributed by atoms with van der Waals surface area (Å²) in [5, 5.41) is 1.74. The molecule has 11 heteroatoms. The molecule has 170 valence electrons. The topological polar surface area (TPSA) is 76.2 Å². The van der Waals surface area contributed by atoms with Gasteiger partial charge in [0.05, 0.1) is 19.2 Å². The van der Waals surface area contributed by atoms with Crippen molar-refractivity contribution >= 4 is 60.6 Å². The highest BCUT2D eigenvalue weighted by Crippen LogP contribution is 2.38. The number of piperazine rings is 1. The van der Waals surface area contributed by atoms with Crippen molar-refractivity contribution in [3.8, 4) is 11.5 Å². The SMILES string of the molecule is COc1ccc(S(=O)(=O)N2CCN(C(=O)c3sc4cc(Cl)ccc4c3Cl)CC2)c(OC)c1. The predicted octanol–water partition coefficient (Wildman–Crippen LogP) is 4.37. The molecule has 32 heavy (non-hydrogen) atoms. The van der Waals surface area contributed by atoms with Crippen LogP contribution < -0.4 is 9.47 Å². The van der Waals surface area contributed by atoms with Crippen LogP contribution in [-0.4, -0.2) is 63.9 Å². The zero-order chi connectivity index (χ0) is 23.0. The summed E-state index contributed by atoms with van der Waals surface area (Å²) in [6.07, 6.45) is 0. The van der Waals surface area contributed by atoms with Gasteiger partial charge in [-0.05, 0) is 24.3 Å². The van der Waals surface area contributed by atoms with Crippen molar-refractivity contribution in [2.45, 2.75) is 4.90 Å². The number of hydrogen-bond acceptors (Lipinski definition) is 6. The van der Waals surface area contributed by atoms with Gasteiger partial charge in [0, 0.05) is 47.4 Å². The molecule has 7 nitrogen and oxygen atoms in total. The fourth-order valence-electron chi connectivity index (χ4n) is 3.58. The Hall–Kier alpha value is -2.04. The fourth-order valence-corrected chi connectivity index (χ4v) is 6.89. The van der Waals surface area contributed by atoms with E-state index in [1.165, 1.54) is 42.0 Å². The molecule has 1 amide bonds. The molecule has 1 aromatic heterocycles. The number of halogens is 2. The highest BCUT2D eigenvalue weighted by atomic mass is 35.5. The fraction of sp³-hybridized carbons (Fsp3) is 0.286. The standard InChI is InChI=1S/C21H20Cl2N2O5S2/c1-29-14-4-6-18(16(12-14)30-2)32(27,28)25-9-7-24(8-10-25)21(26)20-19(23)15-5-3-13(22)11-17(15)31-20/h3-6,11-12H,7-10H2,1-2H3. The number of benzene rings is 2. The summed E-state index contributed by atoms with van der Waals surface area (Å²) >= 11 is 13.8. The summed E-state index contributed by atoms with van der Waals surface area (Å²) in [4.78, 5) is 15.2. The van der Waals surface area contributed by atoms with Crippen LogP contribution in [-0.2, 0) is 10.0 Å². The molecule has 1 saturated heterocycles. The molecule has 1 aliphatic heterocycles. The van der Waals surface area contributed by atoms with E-state index >= 15 is 0 Å². The molecular formula is C21H20Cl2N2O5S2. The Bertz CT molecular complexity index is 1280. The van der Waals surface area contributed by atoms with E-state index < -0.39 is 10.0 Å². The third kappa shape index (κ3) is 4.15. The first kappa shape index (κ1) is 23.1. The van der Waals surface area contributed by atoms with Crippen LogP contribution in [0.4, 0.5) is 0 Å². The molecule has 2 heterocycles. The van der Waals surface area contributed by atoms with Crippen molar-refractivity contribution in [1.29, 1.82) is 0 Å². The quantitative estimate of drug-likeness (QED) is 0.505. The third-order valence-corrected chi connectivity index (χ3v) is 9.12. The summed E-state index contributed by atoms with van der Waals surface area (Å²) in [5.74, 6) is 0.489. The summed E-state index contributed by atoms with van der Waals surface area (Å²) in [6.45, 7) is 0.832. The molecule has 1 fully saturated rings. The smallest absolute Gasteiger partial charge is 0.265 e. The molecule has 4 rings (SSSR count). The zero-order valence-corrected chi connectivity index (χ0v) is 20.4. The van der Waals surface area contributed by atoms with Crippen LogP contribution in [0.15, 0.2) is 41.3 Å². The number of amides is 1. The lowest BCUT2D eigenvalue weighted by Crippen LogP contribution is -2.50. The molecule has 0 bridgehead atoms. The largest absolute Gasteiger partial charge is 0.497 e. The van der Waals surface area contributed by atoms with Crippen molar-refractivity contribution in [2.24, 2.45) is 0 Å². The Morgan fingerprint density at radius 3 is 2.38 bits per heavy atom. The van der Waals surface area contributed by atoms with Gasteiger partial charge in [0.25, 0.3) is 5.91 Å². The van der Waals surface area contributed by atoms with Crippen molar-refractivity contribution in [3.05, 3.63) is 51.3 Å². The predicted molar refractivity (Wildman–Crippen MR) is 126 cm³/mol. The number of carbonyl (C=O) groups excluding carboxylic acids is 1. The first-order valence-corrected chi connectivity index (χ1v) is 12.7. The number of hydrogen-bond donors (Lipinski definition) is 0. The first-order valence-electron chi connectivity index (χ1n) is 9.65. The molecule has 0 saturated carbocycles. The summed E-state index contributed by atoms with van der Waals surface area (Å²) in [7, 11) is -0.895. The molecule has 0 unspecified atom stereocenters. The van der Waals surface area contributed by atoms with Crippen LogP contribution in [0, 0.1) is 0 Å². The minimum absolute atomic E-state index is 0.0602. The average Bonchev–Trinajstić information content (AvgIpc) is 3.13. The lowest BCUT2D eigenvalue weighted by atomic mass is 10.2. The van der Waals surface area contributed by atoms with Gasteiger partial charge in [-0.2, -0.15) is 4.31 Å². The van der Waals surface area contributed by atoms with Gasteiger partial charge < -0.3 is 14.4 Å². The number of nitrogens with zero attached hydrogens (tertiary/aromatic N) is 2. The molecular weight excluding hydrogens is 495 g/mol. The number of carbonyl (C=O) groups is 1. The molecule has 0 spiro atoms. The normalized spacial score (nSPS) is 15.2. The minimum atomic E-state index is -3.80. The Morgan fingerprint density at radius 1 is 1.00 bits per heavy atom. The number of rotatable bonds is 5. The summed E-state index contributed by atoms with van der Waals surface area (Å²) < 4.78 is 39.0. The molecule has 0 aliphatic carbocycles. The Morgan fingerprint density at radius 2 is 1.72 bits per heavy atom. The van der Waals surface area contributed by atoms with E-state index in [0.29, 0.717) is 20.7 Å². The van der Waals surface area contributed by atoms with Crippen LogP contribution in [0.2, 0.25) is 10.0 Å². The van der Waals surface area contributed by atoms with Gasteiger partial charge in [-0.1, -0.05) is 29.3 Å². The van der Waals surface area contributed by atoms with Gasteiger partial charge in [0.15, 0.2) is 0 Å². The first-order chi connectivity index (χ1) is 15.3. The Labute approximate surface area is 200 Å². The van der Waals surface area contributed by atoms with E-state index in [0.717, 1.165) is 10.1 Å². The van der Waals surface area contributed by atoms with Crippen LogP contribution in [0.5, 0.6) is 11.5 Å². The van der Waals surface area contributed by atoms with E-state index in [9.17, 15) is 13.2 Å². The number of ether oxygens (including phenoxy) is 2. The van der Waals surface area contributed by atoms with E-state index in [-0.39, 0.29) is 42.7 Å². The average molecular weight is 515 g/mol. The van der Waals surface area contributed by atoms with Crippen molar-refractivity contribution < 1.29 is 22.7 Å². The summed E-state index contributed by atoms with van der Waals surface area (Å²) in [5.41, 5.74) is 0. The second kappa shape index (κ2) is 9.07. The second-order valence-corrected chi connectivity index (χ2v) is 10.9. The van der Waals surface area contributed by atoms with E-state index in [1.54, 1.807) is 29.2 Å². The molecule has 2 aromatic carbocycles. The number of methoxy groups -OCH3 is 2. The zero-order valence-electron chi connectivity index (χ0n) is 17.3. The van der Waals surface area contributed by atoms with Gasteiger partial charge in [-0.25, -0.2) is 8.42 Å². The number of thiophene rings is 1. The van der Waals surface area contributed by atoms with Gasteiger partial charge in [0.2, 0.25) is 10.0 Å². The van der Waals surface area contributed by atoms with Crippen molar-refractivity contribution in [2.75, 3.05) is 40.4 Å². The Kier molecular flexibility index (Phi) is 6.56. The van der Waals surface area contributed by atoms with Gasteiger partial charge in [0.1, 0.15) is 21.3 Å². The van der Waals surface area contributed by atoms with E-state index in [4.69, 9.17) is 32.7 Å². The molecule has 0 N–H and O–H groups in total. The van der Waals surface area contributed by atoms with Gasteiger partial charge >= 0.3 is 0 Å². The highest BCUT2D eigenvalue weighted by molar-refractivity contribution is 7.89. The maximum atomic E-state index is 13.2. The van der Waals surface area contributed by atoms with Crippen molar-refractivity contribution in [3.63, 3.8) is 0 Å². The van der Waals surface area contributed by atoms with Crippen LogP contribution in [0.3, 0.4) is 0 Å². The minimum Gasteiger partial charge on any atom is -0.497 e. The molecule has 1 aliphatic rings. The maximum absolute atomic E-state index is 13.2. The summed E-state index contributed by atoms with van der Waals surface area (Å²) in [6, 6.07) is 9.87. The number of sulfonamides is 1. The second-order valence-electron chi connectivity index (χ2n) is 7.10. The van der Waals surface area contributed by atoms with E-state index in [2.05, 4.69) is 0 Å². The van der Waals surface area contributed by atoms with Gasteiger partial charge in [-0.15, -0.1) is 11.3 Å². The lowest BCUT2D eigenvalue weighted by Gasteiger charge is -2.34. The molecule has 3 aromatic rings. The molecule has 0 radical (unpaired) electrons. The van der Waals surface area contributed by atoms with Crippen LogP contribution in [0.1, 0.15) is 9.67 Å². The number of fused-ring (bicyclic) bond motifs is 1. The van der Waals surface area contributed by atoms with Crippen LogP contribution >= 0.6 is 34.5 Å². The van der Waals surface area contributed by atoms with Gasteiger partial charge in [-0.3, -0.25) is 4.79 Å². The maximum Gasteiger partial charge on any atom is 0.265 e. The van der Waals surface area contributed by atoms with E-state index in [1.807, 2.05) is 0 Å². The molecule has 0 atom stereocenters. The Balaban J connectivity index is 1.52.